The molecule has 0 aliphatic rings. The quantitative estimate of drug-likeness (QED) is 0.244. The van der Waals surface area contributed by atoms with E-state index in [1.807, 2.05) is 18.2 Å². The fraction of sp³-hybridized carbons (Fsp3) is 0.267. The van der Waals surface area contributed by atoms with Crippen molar-refractivity contribution in [3.05, 3.63) is 40.8 Å². The maximum Gasteiger partial charge on any atom is 0.338 e. The maximum absolute atomic E-state index is 11.7. The Labute approximate surface area is 139 Å². The van der Waals surface area contributed by atoms with Gasteiger partial charge in [0, 0.05) is 31.6 Å². The molecule has 0 aliphatic carbocycles. The Hall–Kier alpha value is -2.61. The van der Waals surface area contributed by atoms with Gasteiger partial charge in [-0.2, -0.15) is 0 Å². The molecule has 8 heteroatoms. The lowest BCUT2D eigenvalue weighted by molar-refractivity contribution is 0.561. The van der Waals surface area contributed by atoms with E-state index in [-0.39, 0.29) is 5.96 Å². The van der Waals surface area contributed by atoms with Crippen LogP contribution in [0.15, 0.2) is 44.5 Å². The molecule has 0 amide bonds. The molecule has 1 aromatic carbocycles. The third kappa shape index (κ3) is 4.43. The van der Waals surface area contributed by atoms with Crippen molar-refractivity contribution in [2.24, 2.45) is 16.5 Å². The van der Waals surface area contributed by atoms with Crippen LogP contribution in [0.3, 0.4) is 0 Å². The first-order valence-corrected chi connectivity index (χ1v) is 7.49. The molecule has 7 nitrogen and oxygen atoms in total. The Morgan fingerprint density at radius 3 is 2.87 bits per heavy atom. The average molecular weight is 333 g/mol. The molecule has 0 saturated heterocycles. The molecule has 0 spiro atoms. The first kappa shape index (κ1) is 16.8. The molecule has 0 bridgehead atoms. The topological polar surface area (TPSA) is 110 Å². The number of aliphatic imine (C=N–C) groups is 1. The molecule has 0 saturated carbocycles. The Morgan fingerprint density at radius 1 is 1.39 bits per heavy atom. The third-order valence-electron chi connectivity index (χ3n) is 3.20. The second-order valence-electron chi connectivity index (χ2n) is 4.90. The monoisotopic (exact) mass is 333 g/mol. The highest BCUT2D eigenvalue weighted by Gasteiger charge is 2.12. The zero-order valence-corrected chi connectivity index (χ0v) is 13.6. The normalized spacial score (nSPS) is 10.3. The number of nitrogens with zero attached hydrogens (tertiary/aromatic N) is 2. The fourth-order valence-electron chi connectivity index (χ4n) is 2.08. The summed E-state index contributed by atoms with van der Waals surface area (Å²) in [6, 6.07) is 8.75. The van der Waals surface area contributed by atoms with E-state index < -0.39 is 5.63 Å². The summed E-state index contributed by atoms with van der Waals surface area (Å²) in [5, 5.41) is 4.44. The van der Waals surface area contributed by atoms with Gasteiger partial charge in [-0.05, 0) is 30.8 Å². The van der Waals surface area contributed by atoms with Gasteiger partial charge in [-0.3, -0.25) is 4.99 Å². The smallest absolute Gasteiger partial charge is 0.338 e. The van der Waals surface area contributed by atoms with Gasteiger partial charge in [-0.15, -0.1) is 0 Å². The number of guanidine groups is 1. The van der Waals surface area contributed by atoms with Crippen LogP contribution < -0.4 is 27.3 Å². The van der Waals surface area contributed by atoms with Crippen molar-refractivity contribution in [2.75, 3.05) is 25.0 Å². The van der Waals surface area contributed by atoms with E-state index in [4.69, 9.17) is 28.1 Å². The van der Waals surface area contributed by atoms with Gasteiger partial charge in [0.2, 0.25) is 0 Å². The number of rotatable bonds is 5. The number of anilines is 1. The molecule has 0 aliphatic heterocycles. The van der Waals surface area contributed by atoms with E-state index in [2.05, 4.69) is 10.3 Å². The number of para-hydroxylation sites is 1. The summed E-state index contributed by atoms with van der Waals surface area (Å²) in [5.74, 6) is 0.0761. The van der Waals surface area contributed by atoms with Crippen LogP contribution in [-0.4, -0.2) is 31.2 Å². The zero-order valence-electron chi connectivity index (χ0n) is 12.8. The molecule has 1 heterocycles. The maximum atomic E-state index is 11.7. The van der Waals surface area contributed by atoms with E-state index in [0.29, 0.717) is 29.5 Å². The average Bonchev–Trinajstić information content (AvgIpc) is 2.52. The minimum atomic E-state index is -0.416. The van der Waals surface area contributed by atoms with Crippen LogP contribution >= 0.6 is 12.2 Å². The Bertz CT molecular complexity index is 783. The molecule has 1 aromatic heterocycles. The number of benzene rings is 1. The summed E-state index contributed by atoms with van der Waals surface area (Å²) in [5.41, 5.74) is 11.3. The number of hydrogen-bond acceptors (Lipinski definition) is 4. The van der Waals surface area contributed by atoms with Crippen LogP contribution in [0.1, 0.15) is 6.42 Å². The standard InChI is InChI=1S/C15H19N5O2S/c1-20(15(23)19-8-4-7-18-14(16)17)11-9-13(21)22-12-6-3-2-5-10(11)12/h2-3,5-6,9H,4,7-8H2,1H3,(H,19,23)(H4,16,17,18). The summed E-state index contributed by atoms with van der Waals surface area (Å²) in [4.78, 5) is 17.3. The summed E-state index contributed by atoms with van der Waals surface area (Å²) in [6.07, 6.45) is 0.740. The predicted octanol–water partition coefficient (Wildman–Crippen LogP) is 0.767. The lowest BCUT2D eigenvalue weighted by Crippen LogP contribution is -2.38. The van der Waals surface area contributed by atoms with Crippen LogP contribution in [-0.2, 0) is 0 Å². The molecular formula is C15H19N5O2S. The molecule has 0 unspecified atom stereocenters. The lowest BCUT2D eigenvalue weighted by atomic mass is 10.2. The van der Waals surface area contributed by atoms with Crippen molar-refractivity contribution >= 4 is 39.9 Å². The molecule has 0 radical (unpaired) electrons. The summed E-state index contributed by atoms with van der Waals surface area (Å²) in [6.45, 7) is 1.15. The van der Waals surface area contributed by atoms with Gasteiger partial charge >= 0.3 is 5.63 Å². The van der Waals surface area contributed by atoms with Gasteiger partial charge in [0.15, 0.2) is 11.1 Å². The SMILES string of the molecule is CN(C(=S)NCCCN=C(N)N)c1cc(=O)oc2ccccc12. The Morgan fingerprint density at radius 2 is 2.13 bits per heavy atom. The third-order valence-corrected chi connectivity index (χ3v) is 3.62. The summed E-state index contributed by atoms with van der Waals surface area (Å²) < 4.78 is 5.18. The molecule has 122 valence electrons. The van der Waals surface area contributed by atoms with Crippen LogP contribution in [0, 0.1) is 0 Å². The van der Waals surface area contributed by atoms with Gasteiger partial charge < -0.3 is 26.1 Å². The highest BCUT2D eigenvalue weighted by Crippen LogP contribution is 2.23. The first-order valence-electron chi connectivity index (χ1n) is 7.09. The van der Waals surface area contributed by atoms with Gasteiger partial charge in [0.25, 0.3) is 0 Å². The van der Waals surface area contributed by atoms with Crippen LogP contribution in [0.2, 0.25) is 0 Å². The molecular weight excluding hydrogens is 314 g/mol. The zero-order chi connectivity index (χ0) is 16.8. The van der Waals surface area contributed by atoms with E-state index in [1.165, 1.54) is 6.07 Å². The number of fused-ring (bicyclic) bond motifs is 1. The van der Waals surface area contributed by atoms with E-state index in [0.717, 1.165) is 11.8 Å². The molecule has 2 rings (SSSR count). The van der Waals surface area contributed by atoms with Crippen LogP contribution in [0.5, 0.6) is 0 Å². The van der Waals surface area contributed by atoms with Crippen molar-refractivity contribution in [2.45, 2.75) is 6.42 Å². The van der Waals surface area contributed by atoms with Crippen molar-refractivity contribution < 1.29 is 4.42 Å². The van der Waals surface area contributed by atoms with Gasteiger partial charge in [-0.1, -0.05) is 12.1 Å². The van der Waals surface area contributed by atoms with Gasteiger partial charge in [-0.25, -0.2) is 4.79 Å². The van der Waals surface area contributed by atoms with Gasteiger partial charge in [0.1, 0.15) is 5.58 Å². The molecule has 5 N–H and O–H groups in total. The Kier molecular flexibility index (Phi) is 5.53. The van der Waals surface area contributed by atoms with E-state index in [9.17, 15) is 4.79 Å². The molecule has 0 fully saturated rings. The van der Waals surface area contributed by atoms with Crippen LogP contribution in [0.25, 0.3) is 11.0 Å². The highest BCUT2D eigenvalue weighted by atomic mass is 32.1. The highest BCUT2D eigenvalue weighted by molar-refractivity contribution is 7.80. The predicted molar refractivity (Wildman–Crippen MR) is 96.8 cm³/mol. The second-order valence-corrected chi connectivity index (χ2v) is 5.28. The second kappa shape index (κ2) is 7.59. The fourth-order valence-corrected chi connectivity index (χ4v) is 2.28. The molecule has 2 aromatic rings. The largest absolute Gasteiger partial charge is 0.423 e. The van der Waals surface area contributed by atoms with E-state index in [1.54, 1.807) is 18.0 Å². The summed E-state index contributed by atoms with van der Waals surface area (Å²) in [7, 11) is 1.80. The van der Waals surface area contributed by atoms with Crippen molar-refractivity contribution in [1.29, 1.82) is 0 Å². The van der Waals surface area contributed by atoms with Crippen LogP contribution in [0.4, 0.5) is 5.69 Å². The number of nitrogens with one attached hydrogen (secondary N) is 1. The number of thiocarbonyl (C=S) groups is 1. The number of hydrogen-bond donors (Lipinski definition) is 3. The summed E-state index contributed by atoms with van der Waals surface area (Å²) >= 11 is 5.36. The lowest BCUT2D eigenvalue weighted by Gasteiger charge is -2.22. The van der Waals surface area contributed by atoms with E-state index >= 15 is 0 Å². The molecule has 0 atom stereocenters. The van der Waals surface area contributed by atoms with Gasteiger partial charge in [0.05, 0.1) is 5.69 Å². The van der Waals surface area contributed by atoms with Crippen molar-refractivity contribution in [3.8, 4) is 0 Å². The Balaban J connectivity index is 2.08. The minimum absolute atomic E-state index is 0.0761. The minimum Gasteiger partial charge on any atom is -0.423 e. The first-order chi connectivity index (χ1) is 11.0. The van der Waals surface area contributed by atoms with Crippen molar-refractivity contribution in [3.63, 3.8) is 0 Å². The number of nitrogens with two attached hydrogens (primary N) is 2. The molecule has 23 heavy (non-hydrogen) atoms. The van der Waals surface area contributed by atoms with Crippen molar-refractivity contribution in [1.82, 2.24) is 5.32 Å².